The quantitative estimate of drug-likeness (QED) is 0.467. The Morgan fingerprint density at radius 3 is 2.31 bits per heavy atom. The lowest BCUT2D eigenvalue weighted by Crippen LogP contribution is -2.47. The van der Waals surface area contributed by atoms with Crippen molar-refractivity contribution in [3.63, 3.8) is 0 Å². The van der Waals surface area contributed by atoms with Crippen LogP contribution in [-0.2, 0) is 27.5 Å². The highest BCUT2D eigenvalue weighted by atomic mass is 16.5. The van der Waals surface area contributed by atoms with Gasteiger partial charge < -0.3 is 20.7 Å². The minimum Gasteiger partial charge on any atom is -0.387 e. The molecule has 7 nitrogen and oxygen atoms in total. The van der Waals surface area contributed by atoms with E-state index in [1.807, 2.05) is 60.7 Å². The molecular weight excluding hydrogens is 368 g/mol. The van der Waals surface area contributed by atoms with Crippen LogP contribution in [0.25, 0.3) is 0 Å². The molecule has 2 aromatic carbocycles. The zero-order chi connectivity index (χ0) is 20.6. The molecule has 1 heterocycles. The molecule has 7 heteroatoms. The number of carbonyl (C=O) groups excluding carboxylic acids is 2. The number of rotatable bonds is 8. The van der Waals surface area contributed by atoms with Crippen LogP contribution in [0.2, 0.25) is 0 Å². The number of hydrogen-bond donors (Lipinski definition) is 3. The fraction of sp³-hybridized carbons (Fsp3) is 0.318. The van der Waals surface area contributed by atoms with Crippen molar-refractivity contribution in [3.8, 4) is 0 Å². The summed E-state index contributed by atoms with van der Waals surface area (Å²) < 4.78 is 5.54. The second kappa shape index (κ2) is 9.84. The van der Waals surface area contributed by atoms with Crippen LogP contribution in [0.1, 0.15) is 17.5 Å². The second-order valence-corrected chi connectivity index (χ2v) is 7.13. The third kappa shape index (κ3) is 5.65. The van der Waals surface area contributed by atoms with Gasteiger partial charge in [0.2, 0.25) is 11.8 Å². The Balaban J connectivity index is 1.58. The van der Waals surface area contributed by atoms with E-state index in [1.54, 1.807) is 0 Å². The topological polar surface area (TPSA) is 109 Å². The molecule has 2 amide bonds. The fourth-order valence-electron chi connectivity index (χ4n) is 3.40. The number of nitrogens with zero attached hydrogens (tertiary/aromatic N) is 1. The Kier molecular flexibility index (Phi) is 6.97. The van der Waals surface area contributed by atoms with E-state index in [2.05, 4.69) is 5.32 Å². The Morgan fingerprint density at radius 1 is 1.07 bits per heavy atom. The largest absolute Gasteiger partial charge is 0.387 e. The molecule has 1 aliphatic heterocycles. The zero-order valence-corrected chi connectivity index (χ0v) is 16.2. The third-order valence-electron chi connectivity index (χ3n) is 5.01. The van der Waals surface area contributed by atoms with E-state index in [0.29, 0.717) is 19.6 Å². The number of amides is 2. The maximum Gasteiger partial charge on any atom is 0.249 e. The van der Waals surface area contributed by atoms with E-state index in [1.165, 1.54) is 4.90 Å². The number of ether oxygens (including phenoxy) is 1. The summed E-state index contributed by atoms with van der Waals surface area (Å²) in [5.41, 5.74) is 7.60. The molecule has 0 bridgehead atoms. The molecule has 0 spiro atoms. The molecule has 1 saturated heterocycles. The maximum atomic E-state index is 12.7. The van der Waals surface area contributed by atoms with Gasteiger partial charge in [-0.2, -0.15) is 0 Å². The van der Waals surface area contributed by atoms with Crippen molar-refractivity contribution in [1.29, 1.82) is 5.41 Å². The van der Waals surface area contributed by atoms with Crippen molar-refractivity contribution in [2.24, 2.45) is 11.7 Å². The predicted octanol–water partition coefficient (Wildman–Crippen LogP) is 1.67. The Morgan fingerprint density at radius 2 is 1.69 bits per heavy atom. The van der Waals surface area contributed by atoms with Gasteiger partial charge in [-0.15, -0.1) is 0 Å². The molecule has 1 aliphatic rings. The molecular formula is C22H26N4O3. The molecule has 3 rings (SSSR count). The van der Waals surface area contributed by atoms with Gasteiger partial charge in [0.15, 0.2) is 0 Å². The monoisotopic (exact) mass is 394 g/mol. The number of likely N-dealkylation sites (tertiary alicyclic amines) is 1. The van der Waals surface area contributed by atoms with Crippen LogP contribution in [-0.4, -0.2) is 41.7 Å². The Labute approximate surface area is 170 Å². The lowest BCUT2D eigenvalue weighted by atomic mass is 10.0. The molecule has 0 aromatic heterocycles. The summed E-state index contributed by atoms with van der Waals surface area (Å²) >= 11 is 0. The molecule has 0 radical (unpaired) electrons. The Bertz CT molecular complexity index is 842. The summed E-state index contributed by atoms with van der Waals surface area (Å²) in [5, 5.41) is 10.6. The molecule has 2 atom stereocenters. The van der Waals surface area contributed by atoms with Gasteiger partial charge in [-0.05, 0) is 17.5 Å². The summed E-state index contributed by atoms with van der Waals surface area (Å²) in [7, 11) is 0. The van der Waals surface area contributed by atoms with Crippen molar-refractivity contribution >= 4 is 17.6 Å². The first-order valence-electron chi connectivity index (χ1n) is 9.61. The summed E-state index contributed by atoms with van der Waals surface area (Å²) in [6, 6.07) is 18.5. The molecule has 1 fully saturated rings. The molecule has 2 aromatic rings. The third-order valence-corrected chi connectivity index (χ3v) is 5.01. The summed E-state index contributed by atoms with van der Waals surface area (Å²) in [6.07, 6.45) is 0.348. The average Bonchev–Trinajstić information content (AvgIpc) is 3.20. The maximum absolute atomic E-state index is 12.7. The van der Waals surface area contributed by atoms with Crippen molar-refractivity contribution in [3.05, 3.63) is 71.8 Å². The molecule has 152 valence electrons. The minimum atomic E-state index is -0.652. The van der Waals surface area contributed by atoms with Crippen molar-refractivity contribution in [2.45, 2.75) is 25.6 Å². The standard InChI is InChI=1S/C22H26N4O3/c23-21(24)18-11-19(22(28)25-12-16-7-3-1-4-8-16)26(13-18)20(27)15-29-14-17-9-5-2-6-10-17/h1-10,18-19H,11-15H2,(H3,23,24)(H,25,28)/t18?,19-/m0/s1. The number of hydrogen-bond acceptors (Lipinski definition) is 4. The second-order valence-electron chi connectivity index (χ2n) is 7.13. The number of benzene rings is 2. The van der Waals surface area contributed by atoms with Gasteiger partial charge in [-0.25, -0.2) is 0 Å². The number of nitrogens with two attached hydrogens (primary N) is 1. The highest BCUT2D eigenvalue weighted by molar-refractivity contribution is 5.91. The van der Waals surface area contributed by atoms with Crippen LogP contribution in [0.5, 0.6) is 0 Å². The lowest BCUT2D eigenvalue weighted by molar-refractivity contribution is -0.142. The average molecular weight is 394 g/mol. The first-order valence-corrected chi connectivity index (χ1v) is 9.61. The SMILES string of the molecule is N=C(N)C1C[C@@H](C(=O)NCc2ccccc2)N(C(=O)COCc2ccccc2)C1. The van der Waals surface area contributed by atoms with Crippen LogP contribution >= 0.6 is 0 Å². The van der Waals surface area contributed by atoms with Crippen LogP contribution in [0, 0.1) is 11.3 Å². The minimum absolute atomic E-state index is 0.00800. The van der Waals surface area contributed by atoms with E-state index in [-0.39, 0.29) is 36.7 Å². The molecule has 0 saturated carbocycles. The van der Waals surface area contributed by atoms with Gasteiger partial charge >= 0.3 is 0 Å². The first kappa shape index (κ1) is 20.5. The molecule has 29 heavy (non-hydrogen) atoms. The zero-order valence-electron chi connectivity index (χ0n) is 16.2. The highest BCUT2D eigenvalue weighted by Crippen LogP contribution is 2.24. The van der Waals surface area contributed by atoms with E-state index < -0.39 is 6.04 Å². The summed E-state index contributed by atoms with van der Waals surface area (Å²) in [6.45, 7) is 0.836. The van der Waals surface area contributed by atoms with Crippen LogP contribution in [0.3, 0.4) is 0 Å². The molecule has 0 aliphatic carbocycles. The van der Waals surface area contributed by atoms with Gasteiger partial charge in [0.05, 0.1) is 12.4 Å². The summed E-state index contributed by atoms with van der Waals surface area (Å²) in [4.78, 5) is 26.9. The van der Waals surface area contributed by atoms with Crippen LogP contribution in [0.15, 0.2) is 60.7 Å². The number of amidine groups is 1. The van der Waals surface area contributed by atoms with Gasteiger partial charge in [0, 0.05) is 19.0 Å². The first-order chi connectivity index (χ1) is 14.0. The van der Waals surface area contributed by atoms with Gasteiger partial charge in [0.25, 0.3) is 0 Å². The van der Waals surface area contributed by atoms with E-state index in [9.17, 15) is 9.59 Å². The summed E-state index contributed by atoms with van der Waals surface area (Å²) in [5.74, 6) is -0.842. The fourth-order valence-corrected chi connectivity index (χ4v) is 3.40. The number of nitrogens with one attached hydrogen (secondary N) is 2. The predicted molar refractivity (Wildman–Crippen MR) is 110 cm³/mol. The van der Waals surface area contributed by atoms with Crippen LogP contribution < -0.4 is 11.1 Å². The van der Waals surface area contributed by atoms with Crippen molar-refractivity contribution < 1.29 is 14.3 Å². The molecule has 1 unspecified atom stereocenters. The van der Waals surface area contributed by atoms with Gasteiger partial charge in [0.1, 0.15) is 12.6 Å². The van der Waals surface area contributed by atoms with E-state index >= 15 is 0 Å². The molecule has 4 N–H and O–H groups in total. The lowest BCUT2D eigenvalue weighted by Gasteiger charge is -2.24. The van der Waals surface area contributed by atoms with Gasteiger partial charge in [-0.3, -0.25) is 15.0 Å². The van der Waals surface area contributed by atoms with E-state index in [4.69, 9.17) is 15.9 Å². The number of carbonyl (C=O) groups is 2. The van der Waals surface area contributed by atoms with Crippen LogP contribution in [0.4, 0.5) is 0 Å². The van der Waals surface area contributed by atoms with Crippen molar-refractivity contribution in [1.82, 2.24) is 10.2 Å². The Hall–Kier alpha value is -3.19. The van der Waals surface area contributed by atoms with E-state index in [0.717, 1.165) is 11.1 Å². The van der Waals surface area contributed by atoms with Gasteiger partial charge in [-0.1, -0.05) is 60.7 Å². The normalized spacial score (nSPS) is 18.4. The van der Waals surface area contributed by atoms with Crippen molar-refractivity contribution in [2.75, 3.05) is 13.2 Å². The highest BCUT2D eigenvalue weighted by Gasteiger charge is 2.40. The smallest absolute Gasteiger partial charge is 0.249 e.